The zero-order valence-electron chi connectivity index (χ0n) is 15.0. The van der Waals surface area contributed by atoms with Crippen LogP contribution in [0.5, 0.6) is 5.75 Å². The van der Waals surface area contributed by atoms with E-state index in [0.29, 0.717) is 12.0 Å². The van der Waals surface area contributed by atoms with Gasteiger partial charge in [0.1, 0.15) is 5.75 Å². The minimum absolute atomic E-state index is 0.0461. The largest absolute Gasteiger partial charge is 0.497 e. The summed E-state index contributed by atoms with van der Waals surface area (Å²) in [6.45, 7) is 3.38. The second-order valence-electron chi connectivity index (χ2n) is 7.02. The lowest BCUT2D eigenvalue weighted by Gasteiger charge is -2.44. The lowest BCUT2D eigenvalue weighted by molar-refractivity contribution is 0.0620. The fraction of sp³-hybridized carbons (Fsp3) is 0.381. The molecule has 2 aromatic carbocycles. The third-order valence-corrected chi connectivity index (χ3v) is 6.40. The molecule has 26 heavy (non-hydrogen) atoms. The molecule has 1 N–H and O–H groups in total. The van der Waals surface area contributed by atoms with E-state index >= 15 is 0 Å². The Balaban J connectivity index is 1.36. The van der Waals surface area contributed by atoms with Crippen LogP contribution in [0.25, 0.3) is 0 Å². The van der Waals surface area contributed by atoms with E-state index in [2.05, 4.69) is 10.2 Å². The van der Waals surface area contributed by atoms with Crippen LogP contribution < -0.4 is 10.1 Å². The molecule has 5 rings (SSSR count). The number of carbonyl (C=O) groups is 1. The maximum absolute atomic E-state index is 12.6. The maximum atomic E-state index is 12.6. The Kier molecular flexibility index (Phi) is 5.18. The van der Waals surface area contributed by atoms with Crippen LogP contribution in [0.4, 0.5) is 0 Å². The SMILES string of the molecule is COc1ccc(Sc2ccc(C(=O)N[C@H]3CN4CCC3CC4)cc2)cc1. The number of piperidine rings is 3. The summed E-state index contributed by atoms with van der Waals surface area (Å²) in [5, 5.41) is 3.25. The molecular formula is C21H24N2O2S. The Hall–Kier alpha value is -1.98. The van der Waals surface area contributed by atoms with E-state index in [0.717, 1.165) is 27.6 Å². The van der Waals surface area contributed by atoms with Crippen molar-refractivity contribution in [3.05, 3.63) is 54.1 Å². The van der Waals surface area contributed by atoms with Gasteiger partial charge in [-0.05, 0) is 80.4 Å². The Labute approximate surface area is 158 Å². The van der Waals surface area contributed by atoms with Crippen molar-refractivity contribution in [2.45, 2.75) is 28.7 Å². The lowest BCUT2D eigenvalue weighted by Crippen LogP contribution is -2.57. The maximum Gasteiger partial charge on any atom is 0.251 e. The Morgan fingerprint density at radius 3 is 2.19 bits per heavy atom. The Morgan fingerprint density at radius 2 is 1.65 bits per heavy atom. The average Bonchev–Trinajstić information content (AvgIpc) is 2.70. The first-order valence-electron chi connectivity index (χ1n) is 9.16. The Bertz CT molecular complexity index is 753. The molecule has 3 aliphatic rings. The van der Waals surface area contributed by atoms with Crippen LogP contribution >= 0.6 is 11.8 Å². The molecule has 0 saturated carbocycles. The first-order valence-corrected chi connectivity index (χ1v) is 9.98. The number of nitrogens with one attached hydrogen (secondary N) is 1. The molecule has 1 atom stereocenters. The summed E-state index contributed by atoms with van der Waals surface area (Å²) in [6.07, 6.45) is 2.42. The van der Waals surface area contributed by atoms with Gasteiger partial charge in [-0.2, -0.15) is 0 Å². The number of carbonyl (C=O) groups excluding carboxylic acids is 1. The van der Waals surface area contributed by atoms with Crippen LogP contribution in [0.2, 0.25) is 0 Å². The summed E-state index contributed by atoms with van der Waals surface area (Å²) in [6, 6.07) is 16.2. The minimum Gasteiger partial charge on any atom is -0.497 e. The average molecular weight is 369 g/mol. The van der Waals surface area contributed by atoms with Crippen molar-refractivity contribution in [2.75, 3.05) is 26.7 Å². The minimum atomic E-state index is 0.0461. The molecule has 0 spiro atoms. The van der Waals surface area contributed by atoms with E-state index in [1.807, 2.05) is 48.5 Å². The zero-order valence-corrected chi connectivity index (χ0v) is 15.8. The highest BCUT2D eigenvalue weighted by Crippen LogP contribution is 2.30. The predicted octanol–water partition coefficient (Wildman–Crippen LogP) is 3.67. The molecule has 136 valence electrons. The molecule has 5 heteroatoms. The van der Waals surface area contributed by atoms with Crippen molar-refractivity contribution in [3.63, 3.8) is 0 Å². The quantitative estimate of drug-likeness (QED) is 0.874. The van der Waals surface area contributed by atoms with Crippen LogP contribution in [0.3, 0.4) is 0 Å². The van der Waals surface area contributed by atoms with Gasteiger partial charge >= 0.3 is 0 Å². The normalized spacial score (nSPS) is 24.3. The molecular weight excluding hydrogens is 344 g/mol. The molecule has 3 heterocycles. The Morgan fingerprint density at radius 1 is 1.04 bits per heavy atom. The highest BCUT2D eigenvalue weighted by molar-refractivity contribution is 7.99. The molecule has 3 aliphatic heterocycles. The fourth-order valence-corrected chi connectivity index (χ4v) is 4.65. The van der Waals surface area contributed by atoms with E-state index in [9.17, 15) is 4.79 Å². The van der Waals surface area contributed by atoms with Gasteiger partial charge in [-0.25, -0.2) is 0 Å². The van der Waals surface area contributed by atoms with Crippen LogP contribution in [0, 0.1) is 5.92 Å². The fourth-order valence-electron chi connectivity index (χ4n) is 3.83. The summed E-state index contributed by atoms with van der Waals surface area (Å²) in [5.74, 6) is 1.55. The summed E-state index contributed by atoms with van der Waals surface area (Å²) in [4.78, 5) is 17.3. The number of hydrogen-bond donors (Lipinski definition) is 1. The van der Waals surface area contributed by atoms with Gasteiger partial charge in [0.05, 0.1) is 7.11 Å². The van der Waals surface area contributed by atoms with Gasteiger partial charge in [0, 0.05) is 27.9 Å². The second-order valence-corrected chi connectivity index (χ2v) is 8.17. The molecule has 0 aromatic heterocycles. The van der Waals surface area contributed by atoms with Gasteiger partial charge in [0.15, 0.2) is 0 Å². The molecule has 0 unspecified atom stereocenters. The topological polar surface area (TPSA) is 41.6 Å². The number of nitrogens with zero attached hydrogens (tertiary/aromatic N) is 1. The lowest BCUT2D eigenvalue weighted by atomic mass is 9.84. The first kappa shape index (κ1) is 17.4. The molecule has 1 amide bonds. The van der Waals surface area contributed by atoms with Gasteiger partial charge in [-0.1, -0.05) is 11.8 Å². The molecule has 2 bridgehead atoms. The molecule has 3 fully saturated rings. The molecule has 0 aliphatic carbocycles. The van der Waals surface area contributed by atoms with E-state index < -0.39 is 0 Å². The van der Waals surface area contributed by atoms with Crippen molar-refractivity contribution >= 4 is 17.7 Å². The monoisotopic (exact) mass is 368 g/mol. The van der Waals surface area contributed by atoms with E-state index in [4.69, 9.17) is 4.74 Å². The first-order chi connectivity index (χ1) is 12.7. The standard InChI is InChI=1S/C21H24N2O2S/c1-25-17-4-8-19(9-5-17)26-18-6-2-16(3-7-18)21(24)22-20-14-23-12-10-15(20)11-13-23/h2-9,15,20H,10-14H2,1H3,(H,22,24)/t20-/m0/s1. The number of hydrogen-bond acceptors (Lipinski definition) is 4. The van der Waals surface area contributed by atoms with Crippen LogP contribution in [0.1, 0.15) is 23.2 Å². The highest BCUT2D eigenvalue weighted by atomic mass is 32.2. The van der Waals surface area contributed by atoms with E-state index in [1.165, 1.54) is 25.9 Å². The number of methoxy groups -OCH3 is 1. The summed E-state index contributed by atoms with van der Waals surface area (Å²) < 4.78 is 5.19. The van der Waals surface area contributed by atoms with Crippen molar-refractivity contribution < 1.29 is 9.53 Å². The zero-order chi connectivity index (χ0) is 17.9. The number of ether oxygens (including phenoxy) is 1. The van der Waals surface area contributed by atoms with Crippen molar-refractivity contribution in [1.82, 2.24) is 10.2 Å². The molecule has 0 radical (unpaired) electrons. The molecule has 2 aromatic rings. The van der Waals surface area contributed by atoms with E-state index in [-0.39, 0.29) is 5.91 Å². The summed E-state index contributed by atoms with van der Waals surface area (Å²) >= 11 is 1.68. The predicted molar refractivity (Wildman–Crippen MR) is 104 cm³/mol. The smallest absolute Gasteiger partial charge is 0.251 e. The van der Waals surface area contributed by atoms with Crippen LogP contribution in [-0.2, 0) is 0 Å². The van der Waals surface area contributed by atoms with Crippen LogP contribution in [-0.4, -0.2) is 43.6 Å². The van der Waals surface area contributed by atoms with Crippen molar-refractivity contribution in [3.8, 4) is 5.75 Å². The summed E-state index contributed by atoms with van der Waals surface area (Å²) in [7, 11) is 1.67. The molecule has 4 nitrogen and oxygen atoms in total. The van der Waals surface area contributed by atoms with Gasteiger partial charge < -0.3 is 15.0 Å². The number of amides is 1. The number of benzene rings is 2. The molecule has 3 saturated heterocycles. The second kappa shape index (κ2) is 7.72. The number of rotatable bonds is 5. The third kappa shape index (κ3) is 3.89. The third-order valence-electron chi connectivity index (χ3n) is 5.38. The van der Waals surface area contributed by atoms with Crippen molar-refractivity contribution in [1.29, 1.82) is 0 Å². The van der Waals surface area contributed by atoms with Crippen molar-refractivity contribution in [2.24, 2.45) is 5.92 Å². The number of fused-ring (bicyclic) bond motifs is 3. The van der Waals surface area contributed by atoms with Crippen LogP contribution in [0.15, 0.2) is 58.3 Å². The van der Waals surface area contributed by atoms with Gasteiger partial charge in [0.2, 0.25) is 0 Å². The highest BCUT2D eigenvalue weighted by Gasteiger charge is 2.34. The van der Waals surface area contributed by atoms with E-state index in [1.54, 1.807) is 18.9 Å². The van der Waals surface area contributed by atoms with Gasteiger partial charge in [-0.15, -0.1) is 0 Å². The summed E-state index contributed by atoms with van der Waals surface area (Å²) in [5.41, 5.74) is 0.737. The van der Waals surface area contributed by atoms with Gasteiger partial charge in [-0.3, -0.25) is 4.79 Å². The van der Waals surface area contributed by atoms with Gasteiger partial charge in [0.25, 0.3) is 5.91 Å².